The average Bonchev–Trinajstić information content (AvgIpc) is 3.18. The zero-order valence-electron chi connectivity index (χ0n) is 12.7. The predicted octanol–water partition coefficient (Wildman–Crippen LogP) is 3.74. The van der Waals surface area contributed by atoms with E-state index < -0.39 is 17.7 Å². The summed E-state index contributed by atoms with van der Waals surface area (Å²) in [4.78, 5) is 27.3. The summed E-state index contributed by atoms with van der Waals surface area (Å²) in [5, 5.41) is 12.1. The van der Waals surface area contributed by atoms with E-state index in [1.807, 2.05) is 42.6 Å². The number of hydrogen-bond acceptors (Lipinski definition) is 4. The first-order valence-corrected chi connectivity index (χ1v) is 8.40. The largest absolute Gasteiger partial charge is 0.503 e. The SMILES string of the molecule is CCCN1C(=O)C(O)=C(C(=O)c2cccs2)[C@@H]1c1ccccc1. The monoisotopic (exact) mass is 327 g/mol. The van der Waals surface area contributed by atoms with E-state index >= 15 is 0 Å². The van der Waals surface area contributed by atoms with Gasteiger partial charge in [0.25, 0.3) is 5.91 Å². The maximum Gasteiger partial charge on any atom is 0.290 e. The number of carbonyl (C=O) groups is 2. The van der Waals surface area contributed by atoms with Gasteiger partial charge >= 0.3 is 0 Å². The van der Waals surface area contributed by atoms with Crippen LogP contribution in [0.25, 0.3) is 0 Å². The zero-order valence-corrected chi connectivity index (χ0v) is 13.5. The number of amides is 1. The molecular weight excluding hydrogens is 310 g/mol. The van der Waals surface area contributed by atoms with Gasteiger partial charge in [0.15, 0.2) is 5.76 Å². The summed E-state index contributed by atoms with van der Waals surface area (Å²) in [5.41, 5.74) is 1.01. The van der Waals surface area contributed by atoms with Crippen LogP contribution in [0, 0.1) is 0 Å². The minimum atomic E-state index is -0.529. The quantitative estimate of drug-likeness (QED) is 0.851. The van der Waals surface area contributed by atoms with Crippen molar-refractivity contribution in [2.24, 2.45) is 0 Å². The molecule has 1 aromatic heterocycles. The number of aliphatic hydroxyl groups is 1. The Morgan fingerprint density at radius 2 is 1.96 bits per heavy atom. The highest BCUT2D eigenvalue weighted by molar-refractivity contribution is 7.12. The number of ketones is 1. The van der Waals surface area contributed by atoms with E-state index in [1.54, 1.807) is 17.0 Å². The van der Waals surface area contributed by atoms with Crippen LogP contribution in [0.1, 0.15) is 34.6 Å². The molecule has 1 N–H and O–H groups in total. The van der Waals surface area contributed by atoms with Crippen LogP contribution in [0.4, 0.5) is 0 Å². The van der Waals surface area contributed by atoms with Crippen LogP contribution in [0.2, 0.25) is 0 Å². The highest BCUT2D eigenvalue weighted by atomic mass is 32.1. The van der Waals surface area contributed by atoms with Crippen LogP contribution >= 0.6 is 11.3 Å². The van der Waals surface area contributed by atoms with Gasteiger partial charge in [0.1, 0.15) is 0 Å². The van der Waals surface area contributed by atoms with Crippen molar-refractivity contribution in [2.45, 2.75) is 19.4 Å². The molecular formula is C18H17NO3S. The molecule has 2 heterocycles. The molecule has 0 aliphatic carbocycles. The van der Waals surface area contributed by atoms with Crippen LogP contribution in [0.5, 0.6) is 0 Å². The van der Waals surface area contributed by atoms with Crippen LogP contribution in [0.3, 0.4) is 0 Å². The summed E-state index contributed by atoms with van der Waals surface area (Å²) in [7, 11) is 0. The van der Waals surface area contributed by atoms with E-state index in [-0.39, 0.29) is 11.4 Å². The lowest BCUT2D eigenvalue weighted by Crippen LogP contribution is -2.31. The Labute approximate surface area is 138 Å². The number of Topliss-reactive ketones (excluding diaryl/α,β-unsaturated/α-hetero) is 1. The molecule has 1 aliphatic heterocycles. The zero-order chi connectivity index (χ0) is 16.4. The molecule has 0 unspecified atom stereocenters. The Hall–Kier alpha value is -2.40. The molecule has 2 aromatic rings. The molecule has 0 radical (unpaired) electrons. The van der Waals surface area contributed by atoms with E-state index in [4.69, 9.17) is 0 Å². The van der Waals surface area contributed by atoms with Crippen molar-refractivity contribution < 1.29 is 14.7 Å². The maximum atomic E-state index is 12.8. The lowest BCUT2D eigenvalue weighted by atomic mass is 9.95. The number of benzene rings is 1. The van der Waals surface area contributed by atoms with Crippen molar-refractivity contribution >= 4 is 23.0 Å². The molecule has 4 nitrogen and oxygen atoms in total. The Bertz CT molecular complexity index is 750. The molecule has 0 spiro atoms. The summed E-state index contributed by atoms with van der Waals surface area (Å²) >= 11 is 1.31. The lowest BCUT2D eigenvalue weighted by Gasteiger charge is -2.26. The molecule has 0 bridgehead atoms. The Morgan fingerprint density at radius 3 is 2.57 bits per heavy atom. The summed E-state index contributed by atoms with van der Waals surface area (Å²) in [6, 6.07) is 12.3. The Morgan fingerprint density at radius 1 is 1.22 bits per heavy atom. The summed E-state index contributed by atoms with van der Waals surface area (Å²) < 4.78 is 0. The Kier molecular flexibility index (Phi) is 4.30. The average molecular weight is 327 g/mol. The van der Waals surface area contributed by atoms with Gasteiger partial charge < -0.3 is 10.0 Å². The highest BCUT2D eigenvalue weighted by Crippen LogP contribution is 2.39. The number of hydrogen-bond donors (Lipinski definition) is 1. The second-order valence-corrected chi connectivity index (χ2v) is 6.33. The predicted molar refractivity (Wildman–Crippen MR) is 89.5 cm³/mol. The van der Waals surface area contributed by atoms with Gasteiger partial charge in [-0.2, -0.15) is 0 Å². The maximum absolute atomic E-state index is 12.8. The molecule has 1 amide bonds. The summed E-state index contributed by atoms with van der Waals surface area (Å²) in [6.45, 7) is 2.45. The number of carbonyl (C=O) groups excluding carboxylic acids is 2. The number of aliphatic hydroxyl groups excluding tert-OH is 1. The fraction of sp³-hybridized carbons (Fsp3) is 0.222. The van der Waals surface area contributed by atoms with Gasteiger partial charge in [0, 0.05) is 6.54 Å². The van der Waals surface area contributed by atoms with Gasteiger partial charge in [-0.25, -0.2) is 0 Å². The molecule has 1 aromatic carbocycles. The van der Waals surface area contributed by atoms with E-state index in [2.05, 4.69) is 0 Å². The third-order valence-electron chi connectivity index (χ3n) is 3.87. The van der Waals surface area contributed by atoms with Gasteiger partial charge in [-0.3, -0.25) is 9.59 Å². The molecule has 3 rings (SSSR count). The van der Waals surface area contributed by atoms with Crippen LogP contribution < -0.4 is 0 Å². The smallest absolute Gasteiger partial charge is 0.290 e. The molecule has 0 fully saturated rings. The molecule has 118 valence electrons. The van der Waals surface area contributed by atoms with Gasteiger partial charge in [0.05, 0.1) is 16.5 Å². The first-order valence-electron chi connectivity index (χ1n) is 7.52. The van der Waals surface area contributed by atoms with Crippen LogP contribution in [-0.4, -0.2) is 28.2 Å². The van der Waals surface area contributed by atoms with Crippen molar-refractivity contribution in [3.8, 4) is 0 Å². The topological polar surface area (TPSA) is 57.6 Å². The number of thiophene rings is 1. The molecule has 1 atom stereocenters. The van der Waals surface area contributed by atoms with Gasteiger partial charge in [-0.15, -0.1) is 11.3 Å². The van der Waals surface area contributed by atoms with Gasteiger partial charge in [0.2, 0.25) is 5.78 Å². The highest BCUT2D eigenvalue weighted by Gasteiger charge is 2.43. The van der Waals surface area contributed by atoms with Gasteiger partial charge in [-0.05, 0) is 23.4 Å². The first-order chi connectivity index (χ1) is 11.1. The summed E-state index contributed by atoms with van der Waals surface area (Å²) in [5.74, 6) is -1.18. The minimum Gasteiger partial charge on any atom is -0.503 e. The van der Waals surface area contributed by atoms with Crippen molar-refractivity contribution in [3.05, 3.63) is 69.6 Å². The third-order valence-corrected chi connectivity index (χ3v) is 4.74. The molecule has 5 heteroatoms. The fourth-order valence-electron chi connectivity index (χ4n) is 2.88. The lowest BCUT2D eigenvalue weighted by molar-refractivity contribution is -0.129. The first kappa shape index (κ1) is 15.5. The van der Waals surface area contributed by atoms with Crippen LogP contribution in [-0.2, 0) is 4.79 Å². The molecule has 0 saturated heterocycles. The number of rotatable bonds is 5. The van der Waals surface area contributed by atoms with Crippen molar-refractivity contribution in [3.63, 3.8) is 0 Å². The van der Waals surface area contributed by atoms with Crippen LogP contribution in [0.15, 0.2) is 59.2 Å². The minimum absolute atomic E-state index is 0.178. The Balaban J connectivity index is 2.10. The van der Waals surface area contributed by atoms with E-state index in [1.165, 1.54) is 11.3 Å². The van der Waals surface area contributed by atoms with E-state index in [9.17, 15) is 14.7 Å². The molecule has 0 saturated carbocycles. The molecule has 1 aliphatic rings. The second-order valence-electron chi connectivity index (χ2n) is 5.38. The third kappa shape index (κ3) is 2.68. The normalized spacial score (nSPS) is 17.9. The number of nitrogens with zero attached hydrogens (tertiary/aromatic N) is 1. The molecule has 23 heavy (non-hydrogen) atoms. The van der Waals surface area contributed by atoms with Crippen molar-refractivity contribution in [1.29, 1.82) is 0 Å². The van der Waals surface area contributed by atoms with Gasteiger partial charge in [-0.1, -0.05) is 43.3 Å². The van der Waals surface area contributed by atoms with Crippen molar-refractivity contribution in [2.75, 3.05) is 6.54 Å². The van der Waals surface area contributed by atoms with E-state index in [0.717, 1.165) is 12.0 Å². The van der Waals surface area contributed by atoms with E-state index in [0.29, 0.717) is 11.4 Å². The fourth-order valence-corrected chi connectivity index (χ4v) is 3.56. The second kappa shape index (κ2) is 6.38. The van der Waals surface area contributed by atoms with Crippen molar-refractivity contribution in [1.82, 2.24) is 4.90 Å². The summed E-state index contributed by atoms with van der Waals surface area (Å²) in [6.07, 6.45) is 0.753. The standard InChI is InChI=1S/C18H17NO3S/c1-2-10-19-15(12-7-4-3-5-8-12)14(17(21)18(19)22)16(20)13-9-6-11-23-13/h3-9,11,15,21H,2,10H2,1H3/t15-/m0/s1.